The molecule has 1 aromatic rings. The molecule has 1 aromatic carbocycles. The topological polar surface area (TPSA) is 12.0 Å². The highest BCUT2D eigenvalue weighted by molar-refractivity contribution is 9.10. The van der Waals surface area contributed by atoms with E-state index in [1.54, 1.807) is 0 Å². The fraction of sp³-hybridized carbons (Fsp3) is 0.500. The van der Waals surface area contributed by atoms with Crippen molar-refractivity contribution >= 4 is 15.9 Å². The minimum atomic E-state index is 0.431. The summed E-state index contributed by atoms with van der Waals surface area (Å²) in [6, 6.07) is 8.99. The molecule has 1 aliphatic rings. The summed E-state index contributed by atoms with van der Waals surface area (Å²) >= 11 is 3.60. The van der Waals surface area contributed by atoms with Gasteiger partial charge in [-0.05, 0) is 23.5 Å². The third-order valence-electron chi connectivity index (χ3n) is 2.86. The Bertz CT molecular complexity index is 333. The van der Waals surface area contributed by atoms with E-state index in [0.717, 1.165) is 6.54 Å². The molecule has 2 heteroatoms. The molecular formula is C12H16BrN. The summed E-state index contributed by atoms with van der Waals surface area (Å²) in [5.74, 6) is 0. The van der Waals surface area contributed by atoms with Gasteiger partial charge in [-0.3, -0.25) is 0 Å². The van der Waals surface area contributed by atoms with Crippen LogP contribution in [-0.2, 0) is 0 Å². The predicted molar refractivity (Wildman–Crippen MR) is 63.3 cm³/mol. The van der Waals surface area contributed by atoms with Gasteiger partial charge in [0.05, 0.1) is 0 Å². The Kier molecular flexibility index (Phi) is 2.67. The quantitative estimate of drug-likeness (QED) is 0.808. The van der Waals surface area contributed by atoms with Crippen LogP contribution in [0.2, 0.25) is 0 Å². The van der Waals surface area contributed by atoms with Crippen LogP contribution in [0.3, 0.4) is 0 Å². The van der Waals surface area contributed by atoms with Crippen LogP contribution in [0.15, 0.2) is 28.7 Å². The van der Waals surface area contributed by atoms with E-state index in [1.165, 1.54) is 16.5 Å². The number of hydrogen-bond donors (Lipinski definition) is 1. The number of rotatable bonds is 1. The fourth-order valence-corrected chi connectivity index (χ4v) is 2.64. The monoisotopic (exact) mass is 253 g/mol. The lowest BCUT2D eigenvalue weighted by Gasteiger charge is -2.16. The summed E-state index contributed by atoms with van der Waals surface area (Å²) < 4.78 is 1.22. The SMILES string of the molecule is CC1(C)CNC(c2ccccc2Br)C1. The summed E-state index contributed by atoms with van der Waals surface area (Å²) in [6.07, 6.45) is 1.22. The largest absolute Gasteiger partial charge is 0.309 e. The summed E-state index contributed by atoms with van der Waals surface area (Å²) in [5, 5.41) is 3.57. The van der Waals surface area contributed by atoms with Crippen LogP contribution in [0.4, 0.5) is 0 Å². The van der Waals surface area contributed by atoms with Crippen LogP contribution in [-0.4, -0.2) is 6.54 Å². The van der Waals surface area contributed by atoms with Crippen molar-refractivity contribution in [2.75, 3.05) is 6.54 Å². The van der Waals surface area contributed by atoms with Crippen molar-refractivity contribution in [2.24, 2.45) is 5.41 Å². The molecule has 0 bridgehead atoms. The number of benzene rings is 1. The molecule has 1 aliphatic heterocycles. The molecule has 76 valence electrons. The van der Waals surface area contributed by atoms with Crippen LogP contribution in [0.5, 0.6) is 0 Å². The van der Waals surface area contributed by atoms with Crippen molar-refractivity contribution in [1.29, 1.82) is 0 Å². The summed E-state index contributed by atoms with van der Waals surface area (Å²) in [6.45, 7) is 5.74. The van der Waals surface area contributed by atoms with Crippen LogP contribution in [0, 0.1) is 5.41 Å². The minimum Gasteiger partial charge on any atom is -0.309 e. The molecule has 1 nitrogen and oxygen atoms in total. The lowest BCUT2D eigenvalue weighted by atomic mass is 9.89. The van der Waals surface area contributed by atoms with E-state index in [1.807, 2.05) is 0 Å². The van der Waals surface area contributed by atoms with Crippen LogP contribution in [0.25, 0.3) is 0 Å². The predicted octanol–water partition coefficient (Wildman–Crippen LogP) is 3.51. The molecule has 1 heterocycles. The molecule has 0 amide bonds. The van der Waals surface area contributed by atoms with Gasteiger partial charge < -0.3 is 5.32 Å². The van der Waals surface area contributed by atoms with Gasteiger partial charge in [0.2, 0.25) is 0 Å². The molecule has 2 rings (SSSR count). The zero-order chi connectivity index (χ0) is 10.2. The van der Waals surface area contributed by atoms with E-state index in [2.05, 4.69) is 59.4 Å². The zero-order valence-electron chi connectivity index (χ0n) is 8.68. The van der Waals surface area contributed by atoms with Crippen molar-refractivity contribution in [3.8, 4) is 0 Å². The summed E-state index contributed by atoms with van der Waals surface area (Å²) in [4.78, 5) is 0. The smallest absolute Gasteiger partial charge is 0.0337 e. The first kappa shape index (κ1) is 10.2. The van der Waals surface area contributed by atoms with Gasteiger partial charge in [-0.25, -0.2) is 0 Å². The molecule has 1 N–H and O–H groups in total. The second kappa shape index (κ2) is 3.67. The number of halogens is 1. The second-order valence-electron chi connectivity index (χ2n) is 4.82. The second-order valence-corrected chi connectivity index (χ2v) is 5.68. The molecule has 1 fully saturated rings. The molecule has 1 unspecified atom stereocenters. The van der Waals surface area contributed by atoms with Gasteiger partial charge in [0, 0.05) is 17.1 Å². The lowest BCUT2D eigenvalue weighted by Crippen LogP contribution is -2.16. The van der Waals surface area contributed by atoms with Crippen molar-refractivity contribution in [3.05, 3.63) is 34.3 Å². The highest BCUT2D eigenvalue weighted by Crippen LogP contribution is 2.37. The molecule has 0 spiro atoms. The van der Waals surface area contributed by atoms with Gasteiger partial charge >= 0.3 is 0 Å². The molecule has 1 atom stereocenters. The Morgan fingerprint density at radius 3 is 2.64 bits per heavy atom. The fourth-order valence-electron chi connectivity index (χ4n) is 2.07. The molecule has 14 heavy (non-hydrogen) atoms. The molecule has 0 aliphatic carbocycles. The van der Waals surface area contributed by atoms with Crippen molar-refractivity contribution in [1.82, 2.24) is 5.32 Å². The van der Waals surface area contributed by atoms with Gasteiger partial charge in [0.15, 0.2) is 0 Å². The third-order valence-corrected chi connectivity index (χ3v) is 3.59. The van der Waals surface area contributed by atoms with Gasteiger partial charge in [-0.15, -0.1) is 0 Å². The Morgan fingerprint density at radius 2 is 2.07 bits per heavy atom. The van der Waals surface area contributed by atoms with Crippen LogP contribution < -0.4 is 5.32 Å². The average molecular weight is 254 g/mol. The normalized spacial score (nSPS) is 25.2. The Hall–Kier alpha value is -0.340. The zero-order valence-corrected chi connectivity index (χ0v) is 10.3. The minimum absolute atomic E-state index is 0.431. The van der Waals surface area contributed by atoms with Crippen molar-refractivity contribution < 1.29 is 0 Å². The average Bonchev–Trinajstić information content (AvgIpc) is 2.47. The Balaban J connectivity index is 2.22. The van der Waals surface area contributed by atoms with E-state index in [-0.39, 0.29) is 0 Å². The van der Waals surface area contributed by atoms with E-state index in [4.69, 9.17) is 0 Å². The van der Waals surface area contributed by atoms with E-state index < -0.39 is 0 Å². The highest BCUT2D eigenvalue weighted by Gasteiger charge is 2.31. The maximum Gasteiger partial charge on any atom is 0.0337 e. The third kappa shape index (κ3) is 2.01. The lowest BCUT2D eigenvalue weighted by molar-refractivity contribution is 0.403. The van der Waals surface area contributed by atoms with Gasteiger partial charge in [0.1, 0.15) is 0 Å². The maximum absolute atomic E-state index is 3.60. The summed E-state index contributed by atoms with van der Waals surface area (Å²) in [5.41, 5.74) is 1.82. The summed E-state index contributed by atoms with van der Waals surface area (Å²) in [7, 11) is 0. The van der Waals surface area contributed by atoms with Gasteiger partial charge in [0.25, 0.3) is 0 Å². The molecule has 1 saturated heterocycles. The first-order valence-corrected chi connectivity index (χ1v) is 5.86. The molecular weight excluding hydrogens is 238 g/mol. The van der Waals surface area contributed by atoms with E-state index in [0.29, 0.717) is 11.5 Å². The highest BCUT2D eigenvalue weighted by atomic mass is 79.9. The molecule has 0 saturated carbocycles. The van der Waals surface area contributed by atoms with E-state index in [9.17, 15) is 0 Å². The standard InChI is InChI=1S/C12H16BrN/c1-12(2)7-11(14-8-12)9-5-3-4-6-10(9)13/h3-6,11,14H,7-8H2,1-2H3. The Labute approximate surface area is 94.0 Å². The van der Waals surface area contributed by atoms with Gasteiger partial charge in [-0.2, -0.15) is 0 Å². The number of nitrogens with one attached hydrogen (secondary N) is 1. The van der Waals surface area contributed by atoms with Crippen molar-refractivity contribution in [2.45, 2.75) is 26.3 Å². The van der Waals surface area contributed by atoms with Crippen LogP contribution in [0.1, 0.15) is 31.9 Å². The first-order valence-electron chi connectivity index (χ1n) is 5.06. The van der Waals surface area contributed by atoms with Gasteiger partial charge in [-0.1, -0.05) is 48.0 Å². The maximum atomic E-state index is 3.60. The number of hydrogen-bond acceptors (Lipinski definition) is 1. The molecule has 0 radical (unpaired) electrons. The molecule has 0 aromatic heterocycles. The van der Waals surface area contributed by atoms with E-state index >= 15 is 0 Å². The first-order chi connectivity index (χ1) is 6.58. The van der Waals surface area contributed by atoms with Crippen molar-refractivity contribution in [3.63, 3.8) is 0 Å². The Morgan fingerprint density at radius 1 is 1.36 bits per heavy atom. The van der Waals surface area contributed by atoms with Crippen LogP contribution >= 0.6 is 15.9 Å².